The van der Waals surface area contributed by atoms with Crippen molar-refractivity contribution in [1.82, 2.24) is 0 Å². The molecule has 0 amide bonds. The molecule has 0 aliphatic carbocycles. The van der Waals surface area contributed by atoms with Crippen molar-refractivity contribution in [2.24, 2.45) is 17.8 Å². The fourth-order valence-electron chi connectivity index (χ4n) is 3.08. The molecule has 0 aliphatic heterocycles. The normalized spacial score (nSPS) is 13.1. The average molecular weight is 411 g/mol. The van der Waals surface area contributed by atoms with E-state index < -0.39 is 0 Å². The van der Waals surface area contributed by atoms with Crippen molar-refractivity contribution in [2.75, 3.05) is 6.61 Å². The van der Waals surface area contributed by atoms with Crippen molar-refractivity contribution in [3.05, 3.63) is 36.0 Å². The molecule has 1 heteroatoms. The molecule has 2 unspecified atom stereocenters. The van der Waals surface area contributed by atoms with Crippen molar-refractivity contribution >= 4 is 0 Å². The van der Waals surface area contributed by atoms with E-state index in [4.69, 9.17) is 5.11 Å². The first-order valence-electron chi connectivity index (χ1n) is 12.5. The van der Waals surface area contributed by atoms with E-state index in [1.165, 1.54) is 37.7 Å². The van der Waals surface area contributed by atoms with Crippen molar-refractivity contribution in [3.8, 4) is 0 Å². The van der Waals surface area contributed by atoms with Crippen LogP contribution in [0.25, 0.3) is 0 Å². The maximum absolute atomic E-state index is 7.88. The van der Waals surface area contributed by atoms with E-state index in [0.717, 1.165) is 30.6 Å². The fourth-order valence-corrected chi connectivity index (χ4v) is 3.08. The van der Waals surface area contributed by atoms with Crippen molar-refractivity contribution < 1.29 is 5.11 Å². The highest BCUT2D eigenvalue weighted by Gasteiger charge is 2.18. The van der Waals surface area contributed by atoms with Gasteiger partial charge in [-0.05, 0) is 61.9 Å². The van der Waals surface area contributed by atoms with Gasteiger partial charge in [0.1, 0.15) is 0 Å². The second-order valence-electron chi connectivity index (χ2n) is 7.39. The van der Waals surface area contributed by atoms with E-state index in [0.29, 0.717) is 6.61 Å². The first kappa shape index (κ1) is 35.6. The first-order valence-corrected chi connectivity index (χ1v) is 12.5. The topological polar surface area (TPSA) is 20.2 Å². The van der Waals surface area contributed by atoms with E-state index in [1.54, 1.807) is 5.57 Å². The van der Waals surface area contributed by atoms with Gasteiger partial charge in [0, 0.05) is 6.61 Å². The summed E-state index contributed by atoms with van der Waals surface area (Å²) in [5.41, 5.74) is 2.91. The molecule has 0 aliphatic rings. The molecule has 0 saturated heterocycles. The molecular weight excluding hydrogens is 352 g/mol. The fraction of sp³-hybridized carbons (Fsp3) is 0.786. The summed E-state index contributed by atoms with van der Waals surface area (Å²) in [6.07, 6.45) is 14.9. The van der Waals surface area contributed by atoms with Gasteiger partial charge in [0.15, 0.2) is 0 Å². The molecule has 0 aromatic rings. The summed E-state index contributed by atoms with van der Waals surface area (Å²) in [4.78, 5) is 0. The number of rotatable bonds is 12. The molecule has 0 aromatic heterocycles. The third-order valence-corrected chi connectivity index (χ3v) is 5.15. The number of aliphatic hydroxyl groups excluding tert-OH is 1. The van der Waals surface area contributed by atoms with Crippen LogP contribution in [0.2, 0.25) is 0 Å². The summed E-state index contributed by atoms with van der Waals surface area (Å²) >= 11 is 0. The molecule has 0 saturated carbocycles. The Labute approximate surface area is 186 Å². The molecule has 29 heavy (non-hydrogen) atoms. The Hall–Kier alpha value is -0.820. The SMILES string of the molecule is C=C/C(=C\C=C(/CC)CCCC(C(C)C)C(C)CC)CC.CC.CC.CCCO. The van der Waals surface area contributed by atoms with Gasteiger partial charge < -0.3 is 5.11 Å². The molecule has 1 nitrogen and oxygen atoms in total. The Kier molecular flexibility index (Phi) is 36.1. The van der Waals surface area contributed by atoms with E-state index in [-0.39, 0.29) is 0 Å². The second kappa shape index (κ2) is 29.4. The highest BCUT2D eigenvalue weighted by atomic mass is 16.2. The molecule has 0 rings (SSSR count). The highest BCUT2D eigenvalue weighted by Crippen LogP contribution is 2.29. The zero-order chi connectivity index (χ0) is 23.7. The molecule has 0 aromatic carbocycles. The quantitative estimate of drug-likeness (QED) is 0.317. The summed E-state index contributed by atoms with van der Waals surface area (Å²) in [5.74, 6) is 2.54. The van der Waals surface area contributed by atoms with Crippen molar-refractivity contribution in [3.63, 3.8) is 0 Å². The molecule has 0 bridgehead atoms. The summed E-state index contributed by atoms with van der Waals surface area (Å²) in [7, 11) is 0. The predicted molar refractivity (Wildman–Crippen MR) is 139 cm³/mol. The van der Waals surface area contributed by atoms with Crippen molar-refractivity contribution in [2.45, 2.75) is 121 Å². The number of hydrogen-bond acceptors (Lipinski definition) is 1. The van der Waals surface area contributed by atoms with Crippen LogP contribution in [0, 0.1) is 17.8 Å². The Morgan fingerprint density at radius 3 is 1.72 bits per heavy atom. The van der Waals surface area contributed by atoms with Crippen LogP contribution in [0.5, 0.6) is 0 Å². The van der Waals surface area contributed by atoms with Crippen LogP contribution in [0.15, 0.2) is 36.0 Å². The van der Waals surface area contributed by atoms with Crippen LogP contribution in [-0.4, -0.2) is 11.7 Å². The molecule has 176 valence electrons. The van der Waals surface area contributed by atoms with E-state index in [1.807, 2.05) is 40.7 Å². The van der Waals surface area contributed by atoms with Gasteiger partial charge in [-0.1, -0.05) is 113 Å². The van der Waals surface area contributed by atoms with E-state index in [2.05, 4.69) is 60.3 Å². The summed E-state index contributed by atoms with van der Waals surface area (Å²) in [6.45, 7) is 28.1. The standard InChI is InChI=1S/C21H38.C3H8O.2C2H6/c1-8-18(7)21(17(5)6)14-12-13-20(11-4)16-15-19(9-2)10-3;1-2-3-4;2*1-2/h9,15-18,21H,2,8,10-14H2,1,3-7H3;4H,2-3H2,1H3;2*1-2H3/b19-15+,20-16+;;;. The van der Waals surface area contributed by atoms with Gasteiger partial charge in [-0.25, -0.2) is 0 Å². The molecule has 0 heterocycles. The van der Waals surface area contributed by atoms with E-state index in [9.17, 15) is 0 Å². The lowest BCUT2D eigenvalue weighted by Crippen LogP contribution is -2.17. The monoisotopic (exact) mass is 410 g/mol. The lowest BCUT2D eigenvalue weighted by atomic mass is 9.79. The minimum atomic E-state index is 0.319. The van der Waals surface area contributed by atoms with Crippen LogP contribution in [0.4, 0.5) is 0 Å². The molecule has 0 radical (unpaired) electrons. The lowest BCUT2D eigenvalue weighted by Gasteiger charge is -2.27. The third kappa shape index (κ3) is 23.3. The highest BCUT2D eigenvalue weighted by molar-refractivity contribution is 5.24. The zero-order valence-corrected chi connectivity index (χ0v) is 22.3. The van der Waals surface area contributed by atoms with Gasteiger partial charge in [0.05, 0.1) is 0 Å². The van der Waals surface area contributed by atoms with Gasteiger partial charge in [-0.3, -0.25) is 0 Å². The Morgan fingerprint density at radius 1 is 0.897 bits per heavy atom. The van der Waals surface area contributed by atoms with Gasteiger partial charge >= 0.3 is 0 Å². The maximum atomic E-state index is 7.88. The van der Waals surface area contributed by atoms with Crippen LogP contribution in [-0.2, 0) is 0 Å². The minimum absolute atomic E-state index is 0.319. The molecule has 0 spiro atoms. The molecule has 1 N–H and O–H groups in total. The summed E-state index contributed by atoms with van der Waals surface area (Å²) in [6, 6.07) is 0. The first-order chi connectivity index (χ1) is 13.9. The zero-order valence-electron chi connectivity index (χ0n) is 22.3. The Morgan fingerprint density at radius 2 is 1.41 bits per heavy atom. The summed E-state index contributed by atoms with van der Waals surface area (Å²) in [5, 5.41) is 7.88. The molecule has 2 atom stereocenters. The van der Waals surface area contributed by atoms with Crippen LogP contribution in [0.3, 0.4) is 0 Å². The largest absolute Gasteiger partial charge is 0.396 e. The third-order valence-electron chi connectivity index (χ3n) is 5.15. The Balaban J connectivity index is -0.000000337. The van der Waals surface area contributed by atoms with Crippen LogP contribution < -0.4 is 0 Å². The van der Waals surface area contributed by atoms with Crippen LogP contribution >= 0.6 is 0 Å². The van der Waals surface area contributed by atoms with Gasteiger partial charge in [-0.15, -0.1) is 0 Å². The van der Waals surface area contributed by atoms with Gasteiger partial charge in [-0.2, -0.15) is 0 Å². The minimum Gasteiger partial charge on any atom is -0.396 e. The predicted octanol–water partition coefficient (Wildman–Crippen LogP) is 9.77. The maximum Gasteiger partial charge on any atom is 0.0428 e. The number of allylic oxidation sites excluding steroid dienone is 5. The lowest BCUT2D eigenvalue weighted by molar-refractivity contribution is 0.242. The Bertz CT molecular complexity index is 361. The van der Waals surface area contributed by atoms with Crippen molar-refractivity contribution in [1.29, 1.82) is 0 Å². The number of aliphatic hydroxyl groups is 1. The molecule has 0 fully saturated rings. The van der Waals surface area contributed by atoms with Gasteiger partial charge in [0.2, 0.25) is 0 Å². The van der Waals surface area contributed by atoms with E-state index >= 15 is 0 Å². The van der Waals surface area contributed by atoms with Crippen LogP contribution in [0.1, 0.15) is 121 Å². The smallest absolute Gasteiger partial charge is 0.0428 e. The second-order valence-corrected chi connectivity index (χ2v) is 7.39. The average Bonchev–Trinajstić information content (AvgIpc) is 2.77. The summed E-state index contributed by atoms with van der Waals surface area (Å²) < 4.78 is 0. The van der Waals surface area contributed by atoms with Gasteiger partial charge in [0.25, 0.3) is 0 Å². The molecular formula is C28H58O. The number of hydrogen-bond donors (Lipinski definition) is 1.